The van der Waals surface area contributed by atoms with E-state index in [0.29, 0.717) is 4.47 Å². The van der Waals surface area contributed by atoms with E-state index in [9.17, 15) is 9.18 Å². The van der Waals surface area contributed by atoms with Gasteiger partial charge in [-0.05, 0) is 34.1 Å². The van der Waals surface area contributed by atoms with Gasteiger partial charge in [0, 0.05) is 4.47 Å². The molecule has 0 saturated carbocycles. The van der Waals surface area contributed by atoms with Crippen molar-refractivity contribution in [1.29, 1.82) is 0 Å². The number of ketones is 1. The molecule has 0 saturated heterocycles. The molecule has 0 bridgehead atoms. The molecule has 1 aromatic carbocycles. The van der Waals surface area contributed by atoms with Gasteiger partial charge in [-0.25, -0.2) is 4.39 Å². The van der Waals surface area contributed by atoms with Crippen molar-refractivity contribution in [3.05, 3.63) is 45.7 Å². The van der Waals surface area contributed by atoms with Crippen molar-refractivity contribution in [2.75, 3.05) is 0 Å². The molecule has 0 heterocycles. The Hall–Kier alpha value is -0.670. The van der Waals surface area contributed by atoms with Gasteiger partial charge in [0.15, 0.2) is 11.6 Å². The molecule has 0 aromatic heterocycles. The lowest BCUT2D eigenvalue weighted by Crippen LogP contribution is -2.00. The van der Waals surface area contributed by atoms with E-state index < -0.39 is 11.6 Å². The van der Waals surface area contributed by atoms with Crippen LogP contribution in [0.4, 0.5) is 4.39 Å². The summed E-state index contributed by atoms with van der Waals surface area (Å²) in [4.78, 5) is 11.2. The Balaban J connectivity index is 3.41. The fourth-order valence-electron chi connectivity index (χ4n) is 0.855. The molecule has 68 valence electrons. The lowest BCUT2D eigenvalue weighted by Gasteiger charge is -2.02. The summed E-state index contributed by atoms with van der Waals surface area (Å²) < 4.78 is 13.6. The largest absolute Gasteiger partial charge is 0.289 e. The number of carbonyl (C=O) groups is 1. The second-order valence-corrected chi connectivity index (χ2v) is 3.55. The Morgan fingerprint density at radius 1 is 1.62 bits per heavy atom. The van der Waals surface area contributed by atoms with Gasteiger partial charge in [-0.1, -0.05) is 18.2 Å². The third-order valence-electron chi connectivity index (χ3n) is 1.48. The number of hydrogen-bond donors (Lipinski definition) is 0. The van der Waals surface area contributed by atoms with Crippen molar-refractivity contribution >= 4 is 33.3 Å². The highest BCUT2D eigenvalue weighted by molar-refractivity contribution is 9.10. The number of rotatable bonds is 2. The summed E-state index contributed by atoms with van der Waals surface area (Å²) in [6.45, 7) is 3.27. The fraction of sp³-hybridized carbons (Fsp3) is 0. The summed E-state index contributed by atoms with van der Waals surface area (Å²) in [7, 11) is 0. The van der Waals surface area contributed by atoms with Crippen molar-refractivity contribution in [2.45, 2.75) is 0 Å². The standard InChI is InChI=1S/C9H5BrClFO/c1-2-7(13)8-5(10)3-4-6(11)9(8)12/h2-4H,1H2. The maximum absolute atomic E-state index is 13.3. The first kappa shape index (κ1) is 10.4. The van der Waals surface area contributed by atoms with Crippen LogP contribution in [0, 0.1) is 5.82 Å². The molecule has 0 N–H and O–H groups in total. The van der Waals surface area contributed by atoms with E-state index in [1.807, 2.05) is 0 Å². The molecule has 1 rings (SSSR count). The smallest absolute Gasteiger partial charge is 0.189 e. The highest BCUT2D eigenvalue weighted by Gasteiger charge is 2.15. The molecule has 0 amide bonds. The molecule has 1 nitrogen and oxygen atoms in total. The van der Waals surface area contributed by atoms with Crippen molar-refractivity contribution in [1.82, 2.24) is 0 Å². The van der Waals surface area contributed by atoms with Gasteiger partial charge in [-0.3, -0.25) is 4.79 Å². The van der Waals surface area contributed by atoms with Crippen LogP contribution in [0.1, 0.15) is 10.4 Å². The van der Waals surface area contributed by atoms with E-state index in [4.69, 9.17) is 11.6 Å². The van der Waals surface area contributed by atoms with E-state index in [1.165, 1.54) is 12.1 Å². The SMILES string of the molecule is C=CC(=O)c1c(Br)ccc(Cl)c1F. The third kappa shape index (κ3) is 1.98. The molecule has 1 aromatic rings. The van der Waals surface area contributed by atoms with Gasteiger partial charge in [-0.2, -0.15) is 0 Å². The first-order valence-corrected chi connectivity index (χ1v) is 4.55. The molecule has 0 spiro atoms. The second kappa shape index (κ2) is 4.03. The van der Waals surface area contributed by atoms with E-state index in [1.54, 1.807) is 0 Å². The predicted molar refractivity (Wildman–Crippen MR) is 53.6 cm³/mol. The van der Waals surface area contributed by atoms with Crippen molar-refractivity contribution in [3.8, 4) is 0 Å². The van der Waals surface area contributed by atoms with Crippen LogP contribution in [0.2, 0.25) is 5.02 Å². The summed E-state index contributed by atoms with van der Waals surface area (Å²) >= 11 is 8.56. The van der Waals surface area contributed by atoms with Crippen molar-refractivity contribution in [3.63, 3.8) is 0 Å². The fourth-order valence-corrected chi connectivity index (χ4v) is 1.51. The summed E-state index contributed by atoms with van der Waals surface area (Å²) in [6, 6.07) is 2.89. The maximum atomic E-state index is 13.3. The van der Waals surface area contributed by atoms with Crippen molar-refractivity contribution < 1.29 is 9.18 Å². The number of hydrogen-bond acceptors (Lipinski definition) is 1. The van der Waals surface area contributed by atoms with E-state index in [-0.39, 0.29) is 10.6 Å². The average molecular weight is 263 g/mol. The zero-order chi connectivity index (χ0) is 10.0. The molecule has 0 aliphatic rings. The summed E-state index contributed by atoms with van der Waals surface area (Å²) in [6.07, 6.45) is 1.04. The summed E-state index contributed by atoms with van der Waals surface area (Å²) in [5.74, 6) is -1.21. The zero-order valence-corrected chi connectivity index (χ0v) is 8.82. The first-order valence-electron chi connectivity index (χ1n) is 3.38. The normalized spacial score (nSPS) is 9.77. The van der Waals surface area contributed by atoms with Crippen LogP contribution >= 0.6 is 27.5 Å². The highest BCUT2D eigenvalue weighted by Crippen LogP contribution is 2.26. The van der Waals surface area contributed by atoms with E-state index in [2.05, 4.69) is 22.5 Å². The molecule has 0 fully saturated rings. The van der Waals surface area contributed by atoms with Gasteiger partial charge >= 0.3 is 0 Å². The lowest BCUT2D eigenvalue weighted by molar-refractivity contribution is 0.104. The Kier molecular flexibility index (Phi) is 3.22. The zero-order valence-electron chi connectivity index (χ0n) is 6.48. The molecule has 0 aliphatic heterocycles. The molecule has 0 aliphatic carbocycles. The molecule has 4 heteroatoms. The molecule has 0 atom stereocenters. The van der Waals surface area contributed by atoms with Crippen LogP contribution in [0.5, 0.6) is 0 Å². The highest BCUT2D eigenvalue weighted by atomic mass is 79.9. The van der Waals surface area contributed by atoms with Crippen LogP contribution in [-0.2, 0) is 0 Å². The van der Waals surface area contributed by atoms with E-state index in [0.717, 1.165) is 6.08 Å². The summed E-state index contributed by atoms with van der Waals surface area (Å²) in [5, 5.41) is -0.0756. The quantitative estimate of drug-likeness (QED) is 0.452. The van der Waals surface area contributed by atoms with Crippen LogP contribution in [0.25, 0.3) is 0 Å². The maximum Gasteiger partial charge on any atom is 0.189 e. The van der Waals surface area contributed by atoms with Gasteiger partial charge < -0.3 is 0 Å². The molecular weight excluding hydrogens is 258 g/mol. The molecule has 0 unspecified atom stereocenters. The number of halogens is 3. The minimum absolute atomic E-state index is 0.0756. The first-order chi connectivity index (χ1) is 6.07. The Morgan fingerprint density at radius 3 is 2.77 bits per heavy atom. The number of carbonyl (C=O) groups excluding carboxylic acids is 1. The van der Waals surface area contributed by atoms with Crippen LogP contribution in [0.15, 0.2) is 29.3 Å². The third-order valence-corrected chi connectivity index (χ3v) is 2.43. The summed E-state index contributed by atoms with van der Waals surface area (Å²) in [5.41, 5.74) is -0.0810. The number of benzene rings is 1. The average Bonchev–Trinajstić information content (AvgIpc) is 2.12. The minimum Gasteiger partial charge on any atom is -0.289 e. The van der Waals surface area contributed by atoms with Crippen LogP contribution in [-0.4, -0.2) is 5.78 Å². The van der Waals surface area contributed by atoms with E-state index >= 15 is 0 Å². The minimum atomic E-state index is -0.721. The predicted octanol–water partition coefficient (Wildman–Crippen LogP) is 3.61. The second-order valence-electron chi connectivity index (χ2n) is 2.29. The monoisotopic (exact) mass is 262 g/mol. The molecule has 0 radical (unpaired) electrons. The van der Waals surface area contributed by atoms with Gasteiger partial charge in [-0.15, -0.1) is 0 Å². The van der Waals surface area contributed by atoms with Crippen LogP contribution in [0.3, 0.4) is 0 Å². The van der Waals surface area contributed by atoms with Crippen molar-refractivity contribution in [2.24, 2.45) is 0 Å². The van der Waals surface area contributed by atoms with Gasteiger partial charge in [0.25, 0.3) is 0 Å². The lowest BCUT2D eigenvalue weighted by atomic mass is 10.1. The topological polar surface area (TPSA) is 17.1 Å². The Morgan fingerprint density at radius 2 is 2.23 bits per heavy atom. The van der Waals surface area contributed by atoms with Crippen LogP contribution < -0.4 is 0 Å². The van der Waals surface area contributed by atoms with Gasteiger partial charge in [0.2, 0.25) is 0 Å². The van der Waals surface area contributed by atoms with Gasteiger partial charge in [0.1, 0.15) is 0 Å². The van der Waals surface area contributed by atoms with Gasteiger partial charge in [0.05, 0.1) is 10.6 Å². The Bertz CT molecular complexity index is 376. The molecular formula is C9H5BrClFO. The Labute approximate surface area is 88.3 Å². The number of allylic oxidation sites excluding steroid dienone is 1. The molecule has 13 heavy (non-hydrogen) atoms.